The summed E-state index contributed by atoms with van der Waals surface area (Å²) >= 11 is 0. The van der Waals surface area contributed by atoms with Crippen molar-refractivity contribution in [1.82, 2.24) is 0 Å². The van der Waals surface area contributed by atoms with Crippen LogP contribution in [0.2, 0.25) is 0 Å². The van der Waals surface area contributed by atoms with Gasteiger partial charge in [0.15, 0.2) is 0 Å². The van der Waals surface area contributed by atoms with Crippen LogP contribution < -0.4 is 21.3 Å². The van der Waals surface area contributed by atoms with Gasteiger partial charge in [-0.3, -0.25) is 18.7 Å². The highest BCUT2D eigenvalue weighted by Crippen LogP contribution is 2.44. The summed E-state index contributed by atoms with van der Waals surface area (Å²) in [7, 11) is -9.97. The number of phenolic OH excluding ortho intramolecular Hbond substituents is 2. The molecule has 0 spiro atoms. The quantitative estimate of drug-likeness (QED) is 0.0398. The Morgan fingerprint density at radius 2 is 0.735 bits per heavy atom. The second-order valence-electron chi connectivity index (χ2n) is 26.1. The summed E-state index contributed by atoms with van der Waals surface area (Å²) in [5.41, 5.74) is 11.9. The molecule has 0 aliphatic carbocycles. The van der Waals surface area contributed by atoms with Crippen LogP contribution in [0.1, 0.15) is 182 Å². The van der Waals surface area contributed by atoms with Crippen molar-refractivity contribution >= 4 is 66.2 Å². The molecule has 14 nitrogen and oxygen atoms in total. The number of carbonyl (C=O) groups excluding carboxylic acids is 2. The normalized spacial score (nSPS) is 12.6. The van der Waals surface area contributed by atoms with Crippen molar-refractivity contribution in [3.8, 4) is 11.5 Å². The van der Waals surface area contributed by atoms with Crippen LogP contribution in [-0.2, 0) is 41.9 Å². The molecule has 0 atom stereocenters. The number of hydrogen-bond donors (Lipinski definition) is 8. The Morgan fingerprint density at radius 3 is 1.02 bits per heavy atom. The van der Waals surface area contributed by atoms with Crippen molar-refractivity contribution in [2.75, 3.05) is 21.3 Å². The average molecular weight is 1170 g/mol. The Morgan fingerprint density at radius 1 is 0.422 bits per heavy atom. The Hall–Kier alpha value is -7.50. The maximum atomic E-state index is 14.2. The first kappa shape index (κ1) is 63.1. The average Bonchev–Trinajstić information content (AvgIpc) is 1.74. The van der Waals surface area contributed by atoms with Gasteiger partial charge in [0, 0.05) is 73.4 Å². The van der Waals surface area contributed by atoms with Crippen molar-refractivity contribution in [3.63, 3.8) is 0 Å². The van der Waals surface area contributed by atoms with Crippen LogP contribution in [0.25, 0.3) is 0 Å². The lowest BCUT2D eigenvalue weighted by Gasteiger charge is -2.28. The Balaban J connectivity index is 1.24. The molecule has 7 aromatic carbocycles. The molecule has 0 heterocycles. The predicted octanol–water partition coefficient (Wildman–Crippen LogP) is 15.8. The standard InChI is InChI=1S/C67H80N4O10S2/c1-36-29-38(3)58(70-62(74)44-31-50(64(7,8)9)60(72)51(32-44)65(10,11)12)40(5)56(36)68-46-23-19-42(20-24-46)55(49-28-27-48(82(76,77)78)35-54(49)83(79,80)81)43-21-25-47(26-22-43)69-57-37(2)30-39(4)59(41(57)6)71-63(75)45-33-52(66(13,14)15)61(73)53(34-45)67(16,17)18/h19-35,55,68-69,72-73H,1-18H3,(H,70,74)(H,71,75)(H,76,77,78)(H,79,80,81). The fourth-order valence-corrected chi connectivity index (χ4v) is 12.2. The number of nitrogens with one attached hydrogen (secondary N) is 4. The first-order valence-electron chi connectivity index (χ1n) is 27.5. The molecule has 7 rings (SSSR count). The highest BCUT2D eigenvalue weighted by atomic mass is 32.2. The van der Waals surface area contributed by atoms with E-state index >= 15 is 0 Å². The van der Waals surface area contributed by atoms with E-state index in [-0.39, 0.29) is 28.9 Å². The molecule has 16 heteroatoms. The number of benzene rings is 7. The Labute approximate surface area is 490 Å². The highest BCUT2D eigenvalue weighted by Gasteiger charge is 2.32. The number of amides is 2. The summed E-state index contributed by atoms with van der Waals surface area (Å²) in [6, 6.07) is 28.4. The summed E-state index contributed by atoms with van der Waals surface area (Å²) in [6.45, 7) is 35.5. The van der Waals surface area contributed by atoms with Crippen molar-refractivity contribution in [2.45, 2.75) is 162 Å². The van der Waals surface area contributed by atoms with Crippen LogP contribution in [-0.4, -0.2) is 48.0 Å². The van der Waals surface area contributed by atoms with E-state index in [4.69, 9.17) is 0 Å². The fourth-order valence-electron chi connectivity index (χ4n) is 10.8. The van der Waals surface area contributed by atoms with E-state index in [1.165, 1.54) is 6.07 Å². The minimum absolute atomic E-state index is 0.0354. The molecule has 0 saturated heterocycles. The molecule has 0 bridgehead atoms. The van der Waals surface area contributed by atoms with Gasteiger partial charge in [0.2, 0.25) is 0 Å². The van der Waals surface area contributed by atoms with Gasteiger partial charge in [-0.1, -0.05) is 126 Å². The van der Waals surface area contributed by atoms with Crippen molar-refractivity contribution in [1.29, 1.82) is 0 Å². The lowest BCUT2D eigenvalue weighted by molar-refractivity contribution is 0.101. The van der Waals surface area contributed by atoms with Gasteiger partial charge in [0.1, 0.15) is 11.5 Å². The van der Waals surface area contributed by atoms with Gasteiger partial charge in [-0.2, -0.15) is 16.8 Å². The number of rotatable bonds is 13. The second kappa shape index (κ2) is 22.6. The zero-order valence-corrected chi connectivity index (χ0v) is 52.6. The van der Waals surface area contributed by atoms with Gasteiger partial charge in [-0.25, -0.2) is 0 Å². The number of carbonyl (C=O) groups is 2. The predicted molar refractivity (Wildman–Crippen MR) is 335 cm³/mol. The number of aryl methyl sites for hydroxylation is 4. The summed E-state index contributed by atoms with van der Waals surface area (Å²) in [6.07, 6.45) is 0. The van der Waals surface area contributed by atoms with Gasteiger partial charge in [-0.15, -0.1) is 0 Å². The van der Waals surface area contributed by atoms with Gasteiger partial charge in [-0.05, 0) is 174 Å². The SMILES string of the molecule is Cc1cc(C)c(Nc2ccc(C(c3ccc(Nc4c(C)cc(C)c(NC(=O)c5cc(C(C)(C)C)c(O)c(C(C)(C)C)c5)c4C)cc3)c3ccc(S(=O)(=O)O)cc3S(=O)(=O)O)cc2)c(C)c1NC(=O)c1cc(C(C)(C)C)c(O)c(C(C)(C)C)c1. The summed E-state index contributed by atoms with van der Waals surface area (Å²) < 4.78 is 71.6. The van der Waals surface area contributed by atoms with E-state index in [9.17, 15) is 45.7 Å². The monoisotopic (exact) mass is 1160 g/mol. The molecule has 0 aliphatic heterocycles. The molecule has 0 fully saturated rings. The maximum Gasteiger partial charge on any atom is 0.294 e. The highest BCUT2D eigenvalue weighted by molar-refractivity contribution is 7.86. The van der Waals surface area contributed by atoms with Gasteiger partial charge in [0.25, 0.3) is 32.1 Å². The Bertz CT molecular complexity index is 3680. The molecule has 0 aromatic heterocycles. The first-order valence-corrected chi connectivity index (χ1v) is 30.4. The van der Waals surface area contributed by atoms with Crippen LogP contribution in [0.15, 0.2) is 113 Å². The lowest BCUT2D eigenvalue weighted by atomic mass is 9.78. The minimum atomic E-state index is -5.08. The molecule has 0 unspecified atom stereocenters. The Kier molecular flexibility index (Phi) is 17.2. The van der Waals surface area contributed by atoms with Crippen molar-refractivity contribution in [2.24, 2.45) is 0 Å². The second-order valence-corrected chi connectivity index (χ2v) is 28.9. The molecular formula is C67H80N4O10S2. The van der Waals surface area contributed by atoms with Crippen LogP contribution in [0.3, 0.4) is 0 Å². The van der Waals surface area contributed by atoms with Crippen LogP contribution in [0.5, 0.6) is 11.5 Å². The van der Waals surface area contributed by atoms with E-state index in [0.29, 0.717) is 67.3 Å². The minimum Gasteiger partial charge on any atom is -0.507 e. The smallest absolute Gasteiger partial charge is 0.294 e. The van der Waals surface area contributed by atoms with E-state index in [2.05, 4.69) is 21.3 Å². The van der Waals surface area contributed by atoms with Gasteiger partial charge in [0.05, 0.1) is 9.79 Å². The summed E-state index contributed by atoms with van der Waals surface area (Å²) in [5.74, 6) is -1.23. The topological polar surface area (TPSA) is 231 Å². The van der Waals surface area contributed by atoms with Crippen LogP contribution in [0, 0.1) is 41.5 Å². The van der Waals surface area contributed by atoms with E-state index in [1.54, 1.807) is 72.8 Å². The zero-order chi connectivity index (χ0) is 62.0. The van der Waals surface area contributed by atoms with E-state index < -0.39 is 57.6 Å². The van der Waals surface area contributed by atoms with Gasteiger partial charge >= 0.3 is 0 Å². The largest absolute Gasteiger partial charge is 0.507 e. The third-order valence-corrected chi connectivity index (χ3v) is 17.1. The van der Waals surface area contributed by atoms with Crippen LogP contribution >= 0.6 is 0 Å². The lowest BCUT2D eigenvalue weighted by Crippen LogP contribution is -2.21. The zero-order valence-electron chi connectivity index (χ0n) is 50.9. The number of aromatic hydroxyl groups is 2. The molecular weight excluding hydrogens is 1080 g/mol. The van der Waals surface area contributed by atoms with Crippen LogP contribution in [0.4, 0.5) is 34.1 Å². The van der Waals surface area contributed by atoms with Gasteiger partial charge < -0.3 is 31.5 Å². The summed E-state index contributed by atoms with van der Waals surface area (Å²) in [4.78, 5) is 27.0. The molecule has 2 amide bonds. The maximum absolute atomic E-state index is 14.2. The molecule has 0 radical (unpaired) electrons. The van der Waals surface area contributed by atoms with Crippen molar-refractivity contribution < 1.29 is 45.7 Å². The third kappa shape index (κ3) is 13.6. The van der Waals surface area contributed by atoms with E-state index in [0.717, 1.165) is 56.9 Å². The molecule has 0 saturated carbocycles. The fraction of sp³-hybridized carbons (Fsp3) is 0.343. The molecule has 83 heavy (non-hydrogen) atoms. The number of phenols is 2. The number of hydrogen-bond acceptors (Lipinski definition) is 10. The first-order chi connectivity index (χ1) is 38.1. The number of anilines is 6. The molecule has 440 valence electrons. The molecule has 7 aromatic rings. The molecule has 8 N–H and O–H groups in total. The molecule has 0 aliphatic rings. The van der Waals surface area contributed by atoms with E-state index in [1.807, 2.05) is 137 Å². The summed E-state index contributed by atoms with van der Waals surface area (Å²) in [5, 5.41) is 36.0. The third-order valence-electron chi connectivity index (χ3n) is 15.3. The van der Waals surface area contributed by atoms with Crippen molar-refractivity contribution in [3.05, 3.63) is 187 Å².